The number of anilines is 1. The molecule has 0 radical (unpaired) electrons. The van der Waals surface area contributed by atoms with Gasteiger partial charge in [0.05, 0.1) is 5.69 Å². The molecule has 156 valence electrons. The van der Waals surface area contributed by atoms with Crippen molar-refractivity contribution in [2.24, 2.45) is 0 Å². The summed E-state index contributed by atoms with van der Waals surface area (Å²) in [5.74, 6) is 0.821. The summed E-state index contributed by atoms with van der Waals surface area (Å²) >= 11 is 6.14. The van der Waals surface area contributed by atoms with Gasteiger partial charge in [0.1, 0.15) is 5.82 Å². The van der Waals surface area contributed by atoms with E-state index in [1.54, 1.807) is 0 Å². The summed E-state index contributed by atoms with van der Waals surface area (Å²) in [4.78, 5) is 13.4. The number of hydrogen-bond acceptors (Lipinski definition) is 4. The van der Waals surface area contributed by atoms with Crippen LogP contribution in [0, 0.1) is 6.92 Å². The average molecular weight is 437 g/mol. The molecule has 0 saturated heterocycles. The monoisotopic (exact) mass is 436 g/mol. The van der Waals surface area contributed by atoms with Gasteiger partial charge in [0, 0.05) is 46.8 Å². The third-order valence-electron chi connectivity index (χ3n) is 5.41. The Morgan fingerprint density at radius 1 is 0.781 bits per heavy atom. The maximum Gasteiger partial charge on any atom is 0.135 e. The van der Waals surface area contributed by atoms with E-state index in [1.807, 2.05) is 61.9 Å². The Balaban J connectivity index is 1.35. The van der Waals surface area contributed by atoms with E-state index in [0.717, 1.165) is 33.5 Å². The fourth-order valence-electron chi connectivity index (χ4n) is 3.74. The van der Waals surface area contributed by atoms with Crippen molar-refractivity contribution in [3.05, 3.63) is 108 Å². The predicted octanol–water partition coefficient (Wildman–Crippen LogP) is 6.93. The van der Waals surface area contributed by atoms with Gasteiger partial charge in [-0.15, -0.1) is 0 Å². The standard InChI is InChI=1S/C27H21ClN4/c1-18-13-21(9-11-29-18)20-7-5-19(6-8-20)16-32-27-25-17-31-26(15-22(25)10-12-30-27)23-3-2-4-24(28)14-23/h2-15,17H,16H2,1H3,(H,30,32). The molecule has 0 fully saturated rings. The number of fused-ring (bicyclic) bond motifs is 1. The molecule has 0 aliphatic carbocycles. The molecule has 4 nitrogen and oxygen atoms in total. The van der Waals surface area contributed by atoms with E-state index in [2.05, 4.69) is 56.7 Å². The second-order valence-electron chi connectivity index (χ2n) is 7.70. The smallest absolute Gasteiger partial charge is 0.135 e. The van der Waals surface area contributed by atoms with Crippen LogP contribution in [0.2, 0.25) is 5.02 Å². The Bertz CT molecular complexity index is 1400. The van der Waals surface area contributed by atoms with Crippen LogP contribution in [0.1, 0.15) is 11.3 Å². The molecule has 0 bridgehead atoms. The third kappa shape index (κ3) is 4.32. The van der Waals surface area contributed by atoms with Crippen LogP contribution < -0.4 is 5.32 Å². The molecule has 2 aromatic carbocycles. The van der Waals surface area contributed by atoms with Crippen molar-refractivity contribution < 1.29 is 0 Å². The minimum Gasteiger partial charge on any atom is -0.365 e. The Morgan fingerprint density at radius 3 is 2.44 bits per heavy atom. The normalized spacial score (nSPS) is 10.9. The van der Waals surface area contributed by atoms with E-state index >= 15 is 0 Å². The van der Waals surface area contributed by atoms with E-state index in [4.69, 9.17) is 11.6 Å². The topological polar surface area (TPSA) is 50.7 Å². The lowest BCUT2D eigenvalue weighted by Gasteiger charge is -2.11. The highest BCUT2D eigenvalue weighted by molar-refractivity contribution is 6.30. The second-order valence-corrected chi connectivity index (χ2v) is 8.13. The Kier molecular flexibility index (Phi) is 5.53. The van der Waals surface area contributed by atoms with Crippen LogP contribution in [0.3, 0.4) is 0 Å². The quantitative estimate of drug-likeness (QED) is 0.324. The summed E-state index contributed by atoms with van der Waals surface area (Å²) in [6.07, 6.45) is 5.54. The maximum atomic E-state index is 6.14. The van der Waals surface area contributed by atoms with Crippen LogP contribution in [-0.4, -0.2) is 15.0 Å². The zero-order chi connectivity index (χ0) is 21.9. The molecule has 5 rings (SSSR count). The maximum absolute atomic E-state index is 6.14. The summed E-state index contributed by atoms with van der Waals surface area (Å²) < 4.78 is 0. The summed E-state index contributed by atoms with van der Waals surface area (Å²) in [5.41, 5.74) is 6.44. The van der Waals surface area contributed by atoms with Crippen LogP contribution in [0.4, 0.5) is 5.82 Å². The van der Waals surface area contributed by atoms with E-state index in [1.165, 1.54) is 16.7 Å². The van der Waals surface area contributed by atoms with Crippen molar-refractivity contribution in [1.29, 1.82) is 0 Å². The fourth-order valence-corrected chi connectivity index (χ4v) is 3.93. The molecule has 5 aromatic rings. The molecule has 0 unspecified atom stereocenters. The first-order chi connectivity index (χ1) is 15.7. The van der Waals surface area contributed by atoms with Gasteiger partial charge in [0.2, 0.25) is 0 Å². The van der Waals surface area contributed by atoms with Crippen molar-refractivity contribution in [1.82, 2.24) is 15.0 Å². The molecule has 0 atom stereocenters. The molecule has 0 saturated carbocycles. The number of benzene rings is 2. The summed E-state index contributed by atoms with van der Waals surface area (Å²) in [7, 11) is 0. The Labute approximate surface area is 192 Å². The van der Waals surface area contributed by atoms with Gasteiger partial charge in [-0.2, -0.15) is 0 Å². The molecule has 5 heteroatoms. The van der Waals surface area contributed by atoms with Crippen LogP contribution in [0.15, 0.2) is 91.4 Å². The number of rotatable bonds is 5. The van der Waals surface area contributed by atoms with Gasteiger partial charge in [0.25, 0.3) is 0 Å². The lowest BCUT2D eigenvalue weighted by Crippen LogP contribution is -2.02. The van der Waals surface area contributed by atoms with Gasteiger partial charge in [-0.3, -0.25) is 9.97 Å². The molecule has 0 aliphatic heterocycles. The van der Waals surface area contributed by atoms with E-state index in [0.29, 0.717) is 11.6 Å². The molecule has 32 heavy (non-hydrogen) atoms. The van der Waals surface area contributed by atoms with Gasteiger partial charge < -0.3 is 5.32 Å². The highest BCUT2D eigenvalue weighted by atomic mass is 35.5. The first kappa shape index (κ1) is 20.2. The molecule has 3 heterocycles. The molecule has 0 aliphatic rings. The average Bonchev–Trinajstić information content (AvgIpc) is 2.82. The highest BCUT2D eigenvalue weighted by Crippen LogP contribution is 2.27. The minimum absolute atomic E-state index is 0.678. The van der Waals surface area contributed by atoms with Crippen LogP contribution in [0.5, 0.6) is 0 Å². The third-order valence-corrected chi connectivity index (χ3v) is 5.65. The van der Waals surface area contributed by atoms with Gasteiger partial charge in [-0.25, -0.2) is 4.98 Å². The second kappa shape index (κ2) is 8.77. The number of aromatic nitrogens is 3. The van der Waals surface area contributed by atoms with E-state index < -0.39 is 0 Å². The highest BCUT2D eigenvalue weighted by Gasteiger charge is 2.07. The van der Waals surface area contributed by atoms with Crippen LogP contribution in [-0.2, 0) is 6.54 Å². The molecule has 3 aromatic heterocycles. The minimum atomic E-state index is 0.678. The summed E-state index contributed by atoms with van der Waals surface area (Å²) in [6.45, 7) is 2.68. The van der Waals surface area contributed by atoms with Crippen molar-refractivity contribution >= 4 is 28.2 Å². The number of hydrogen-bond donors (Lipinski definition) is 1. The number of nitrogens with zero attached hydrogens (tertiary/aromatic N) is 3. The fraction of sp³-hybridized carbons (Fsp3) is 0.0741. The van der Waals surface area contributed by atoms with Gasteiger partial charge in [-0.1, -0.05) is 48.0 Å². The van der Waals surface area contributed by atoms with Crippen molar-refractivity contribution in [2.75, 3.05) is 5.32 Å². The largest absolute Gasteiger partial charge is 0.365 e. The zero-order valence-corrected chi connectivity index (χ0v) is 18.3. The first-order valence-corrected chi connectivity index (χ1v) is 10.8. The van der Waals surface area contributed by atoms with E-state index in [-0.39, 0.29) is 0 Å². The van der Waals surface area contributed by atoms with Crippen molar-refractivity contribution in [3.63, 3.8) is 0 Å². The van der Waals surface area contributed by atoms with Gasteiger partial charge in [0.15, 0.2) is 0 Å². The van der Waals surface area contributed by atoms with Gasteiger partial charge in [-0.05, 0) is 65.4 Å². The molecule has 0 spiro atoms. The summed E-state index contributed by atoms with van der Waals surface area (Å²) in [5, 5.41) is 6.23. The molecular weight excluding hydrogens is 416 g/mol. The number of pyridine rings is 3. The molecule has 1 N–H and O–H groups in total. The van der Waals surface area contributed by atoms with Crippen LogP contribution in [0.25, 0.3) is 33.2 Å². The number of halogens is 1. The van der Waals surface area contributed by atoms with E-state index in [9.17, 15) is 0 Å². The number of nitrogens with one attached hydrogen (secondary N) is 1. The summed E-state index contributed by atoms with van der Waals surface area (Å²) in [6, 6.07) is 24.5. The zero-order valence-electron chi connectivity index (χ0n) is 17.6. The van der Waals surface area contributed by atoms with Gasteiger partial charge >= 0.3 is 0 Å². The Hall–Kier alpha value is -3.76. The first-order valence-electron chi connectivity index (χ1n) is 10.4. The SMILES string of the molecule is Cc1cc(-c2ccc(CNc3nccc4cc(-c5cccc(Cl)c5)ncc34)cc2)ccn1. The van der Waals surface area contributed by atoms with Crippen LogP contribution >= 0.6 is 11.6 Å². The van der Waals surface area contributed by atoms with Crippen molar-refractivity contribution in [3.8, 4) is 22.4 Å². The van der Waals surface area contributed by atoms with Crippen molar-refractivity contribution in [2.45, 2.75) is 13.5 Å². The lowest BCUT2D eigenvalue weighted by molar-refractivity contribution is 1.12. The number of aryl methyl sites for hydroxylation is 1. The Morgan fingerprint density at radius 2 is 1.62 bits per heavy atom. The molecule has 0 amide bonds. The lowest BCUT2D eigenvalue weighted by atomic mass is 10.0. The molecular formula is C27H21ClN4. The predicted molar refractivity (Wildman–Crippen MR) is 132 cm³/mol.